The number of carbonyl (C=O) groups excluding carboxylic acids is 1. The molecule has 0 bridgehead atoms. The SMILES string of the molecule is CCOc1ccccc1NC(=NCc1c(C)nn(CC)c1C)NC(=O)c1ccc(C)c(C)c1. The van der Waals surface area contributed by atoms with Crippen molar-refractivity contribution in [1.29, 1.82) is 0 Å². The molecule has 0 saturated heterocycles. The van der Waals surface area contributed by atoms with Crippen molar-refractivity contribution >= 4 is 17.6 Å². The number of hydrogen-bond donors (Lipinski definition) is 2. The van der Waals surface area contributed by atoms with Gasteiger partial charge in [0, 0.05) is 23.4 Å². The van der Waals surface area contributed by atoms with Gasteiger partial charge in [-0.3, -0.25) is 14.8 Å². The van der Waals surface area contributed by atoms with Gasteiger partial charge in [-0.25, -0.2) is 4.99 Å². The summed E-state index contributed by atoms with van der Waals surface area (Å²) in [6.07, 6.45) is 0. The van der Waals surface area contributed by atoms with Crippen molar-refractivity contribution in [3.8, 4) is 5.75 Å². The minimum Gasteiger partial charge on any atom is -0.492 e. The number of ether oxygens (including phenoxy) is 1. The Hall–Kier alpha value is -3.61. The van der Waals surface area contributed by atoms with Crippen molar-refractivity contribution in [2.75, 3.05) is 11.9 Å². The lowest BCUT2D eigenvalue weighted by atomic mass is 10.1. The van der Waals surface area contributed by atoms with Crippen molar-refractivity contribution in [3.05, 3.63) is 76.1 Å². The number of hydrogen-bond acceptors (Lipinski definition) is 4. The summed E-state index contributed by atoms with van der Waals surface area (Å²) in [5.74, 6) is 0.823. The highest BCUT2D eigenvalue weighted by Crippen LogP contribution is 2.24. The van der Waals surface area contributed by atoms with Gasteiger partial charge in [-0.15, -0.1) is 0 Å². The number of guanidine groups is 1. The molecule has 1 aromatic heterocycles. The maximum Gasteiger partial charge on any atom is 0.257 e. The van der Waals surface area contributed by atoms with Crippen molar-refractivity contribution in [1.82, 2.24) is 15.1 Å². The van der Waals surface area contributed by atoms with E-state index in [1.54, 1.807) is 0 Å². The fourth-order valence-corrected chi connectivity index (χ4v) is 3.58. The van der Waals surface area contributed by atoms with Crippen LogP contribution in [0.1, 0.15) is 52.3 Å². The van der Waals surface area contributed by atoms with E-state index in [9.17, 15) is 4.79 Å². The van der Waals surface area contributed by atoms with Gasteiger partial charge in [0.1, 0.15) is 5.75 Å². The van der Waals surface area contributed by atoms with Crippen LogP contribution in [-0.2, 0) is 13.1 Å². The number of rotatable bonds is 7. The largest absolute Gasteiger partial charge is 0.492 e. The molecule has 0 saturated carbocycles. The van der Waals surface area contributed by atoms with Crippen molar-refractivity contribution in [3.63, 3.8) is 0 Å². The van der Waals surface area contributed by atoms with E-state index >= 15 is 0 Å². The van der Waals surface area contributed by atoms with Gasteiger partial charge in [0.25, 0.3) is 5.91 Å². The van der Waals surface area contributed by atoms with E-state index in [0.29, 0.717) is 30.4 Å². The molecule has 0 atom stereocenters. The molecule has 2 aromatic carbocycles. The number of aryl methyl sites for hydroxylation is 4. The summed E-state index contributed by atoms with van der Waals surface area (Å²) < 4.78 is 7.70. The lowest BCUT2D eigenvalue weighted by Crippen LogP contribution is -2.36. The first-order valence-electron chi connectivity index (χ1n) is 11.3. The molecule has 0 aliphatic rings. The second-order valence-electron chi connectivity index (χ2n) is 7.94. The molecule has 0 spiro atoms. The quantitative estimate of drug-likeness (QED) is 0.397. The van der Waals surface area contributed by atoms with Gasteiger partial charge >= 0.3 is 0 Å². The molecule has 0 aliphatic heterocycles. The minimum atomic E-state index is -0.226. The van der Waals surface area contributed by atoms with Gasteiger partial charge in [0.05, 0.1) is 24.5 Å². The van der Waals surface area contributed by atoms with Gasteiger partial charge in [-0.2, -0.15) is 5.10 Å². The number of aliphatic imine (C=N–C) groups is 1. The first-order chi connectivity index (χ1) is 15.8. The Kier molecular flexibility index (Phi) is 7.87. The normalized spacial score (nSPS) is 11.4. The summed E-state index contributed by atoms with van der Waals surface area (Å²) in [4.78, 5) is 17.8. The fraction of sp³-hybridized carbons (Fsp3) is 0.346. The van der Waals surface area contributed by atoms with Crippen molar-refractivity contribution in [2.45, 2.75) is 54.6 Å². The van der Waals surface area contributed by atoms with Gasteiger partial charge in [-0.1, -0.05) is 18.2 Å². The van der Waals surface area contributed by atoms with Crippen LogP contribution in [0.5, 0.6) is 5.75 Å². The smallest absolute Gasteiger partial charge is 0.257 e. The maximum atomic E-state index is 13.0. The fourth-order valence-electron chi connectivity index (χ4n) is 3.58. The molecule has 33 heavy (non-hydrogen) atoms. The highest BCUT2D eigenvalue weighted by molar-refractivity contribution is 6.10. The standard InChI is InChI=1S/C26H33N5O2/c1-7-31-20(6)22(19(5)30-31)16-27-26(28-23-11-9-10-12-24(23)33-8-2)29-25(32)21-14-13-17(3)18(4)15-21/h9-15H,7-8,16H2,1-6H3,(H2,27,28,29,32). The second kappa shape index (κ2) is 10.8. The minimum absolute atomic E-state index is 0.226. The number of aromatic nitrogens is 2. The Bertz CT molecular complexity index is 1160. The summed E-state index contributed by atoms with van der Waals surface area (Å²) in [7, 11) is 0. The van der Waals surface area contributed by atoms with Crippen LogP contribution in [-0.4, -0.2) is 28.3 Å². The third-order valence-corrected chi connectivity index (χ3v) is 5.67. The third kappa shape index (κ3) is 5.80. The second-order valence-corrected chi connectivity index (χ2v) is 7.94. The summed E-state index contributed by atoms with van der Waals surface area (Å²) in [5.41, 5.74) is 6.58. The van der Waals surface area contributed by atoms with Gasteiger partial charge < -0.3 is 10.1 Å². The summed E-state index contributed by atoms with van der Waals surface area (Å²) in [5, 5.41) is 10.8. The maximum absolute atomic E-state index is 13.0. The number of carbonyl (C=O) groups is 1. The summed E-state index contributed by atoms with van der Waals surface area (Å²) >= 11 is 0. The third-order valence-electron chi connectivity index (χ3n) is 5.67. The van der Waals surface area contributed by atoms with Crippen LogP contribution in [0, 0.1) is 27.7 Å². The van der Waals surface area contributed by atoms with E-state index in [1.165, 1.54) is 0 Å². The Morgan fingerprint density at radius 2 is 1.82 bits per heavy atom. The Balaban J connectivity index is 1.92. The van der Waals surface area contributed by atoms with Crippen LogP contribution in [0.2, 0.25) is 0 Å². The van der Waals surface area contributed by atoms with Crippen LogP contribution < -0.4 is 15.4 Å². The number of nitrogens with zero attached hydrogens (tertiary/aromatic N) is 3. The predicted molar refractivity (Wildman–Crippen MR) is 133 cm³/mol. The zero-order valence-corrected chi connectivity index (χ0v) is 20.3. The highest BCUT2D eigenvalue weighted by Gasteiger charge is 2.14. The van der Waals surface area contributed by atoms with E-state index in [0.717, 1.165) is 40.3 Å². The van der Waals surface area contributed by atoms with Crippen molar-refractivity contribution in [2.24, 2.45) is 4.99 Å². The Morgan fingerprint density at radius 3 is 2.48 bits per heavy atom. The van der Waals surface area contributed by atoms with Gasteiger partial charge in [0.2, 0.25) is 5.96 Å². The number of anilines is 1. The van der Waals surface area contributed by atoms with Gasteiger partial charge in [-0.05, 0) is 76.9 Å². The lowest BCUT2D eigenvalue weighted by molar-refractivity contribution is 0.0976. The molecule has 3 aromatic rings. The number of para-hydroxylation sites is 2. The zero-order chi connectivity index (χ0) is 24.0. The summed E-state index contributed by atoms with van der Waals surface area (Å²) in [6.45, 7) is 13.8. The highest BCUT2D eigenvalue weighted by atomic mass is 16.5. The molecule has 7 nitrogen and oxygen atoms in total. The molecule has 174 valence electrons. The first-order valence-corrected chi connectivity index (χ1v) is 11.3. The van der Waals surface area contributed by atoms with E-state index in [1.807, 2.05) is 81.8 Å². The van der Waals surface area contributed by atoms with Crippen LogP contribution >= 0.6 is 0 Å². The molecule has 0 fully saturated rings. The van der Waals surface area contributed by atoms with Crippen LogP contribution in [0.3, 0.4) is 0 Å². The molecule has 0 unspecified atom stereocenters. The molecule has 1 heterocycles. The number of benzene rings is 2. The molecular weight excluding hydrogens is 414 g/mol. The first kappa shape index (κ1) is 24.0. The van der Waals surface area contributed by atoms with E-state index < -0.39 is 0 Å². The molecule has 1 amide bonds. The number of amides is 1. The van der Waals surface area contributed by atoms with E-state index in [4.69, 9.17) is 9.73 Å². The Labute approximate surface area is 195 Å². The molecular formula is C26H33N5O2. The van der Waals surface area contributed by atoms with Gasteiger partial charge in [0.15, 0.2) is 0 Å². The lowest BCUT2D eigenvalue weighted by Gasteiger charge is -2.15. The topological polar surface area (TPSA) is 80.5 Å². The molecule has 3 rings (SSSR count). The average molecular weight is 448 g/mol. The molecule has 2 N–H and O–H groups in total. The molecule has 7 heteroatoms. The van der Waals surface area contributed by atoms with Crippen LogP contribution in [0.4, 0.5) is 5.69 Å². The molecule has 0 radical (unpaired) electrons. The average Bonchev–Trinajstić information content (AvgIpc) is 3.07. The zero-order valence-electron chi connectivity index (χ0n) is 20.3. The monoisotopic (exact) mass is 447 g/mol. The van der Waals surface area contributed by atoms with E-state index in [2.05, 4.69) is 22.7 Å². The van der Waals surface area contributed by atoms with Crippen LogP contribution in [0.25, 0.3) is 0 Å². The van der Waals surface area contributed by atoms with Crippen LogP contribution in [0.15, 0.2) is 47.5 Å². The Morgan fingerprint density at radius 1 is 1.06 bits per heavy atom. The van der Waals surface area contributed by atoms with E-state index in [-0.39, 0.29) is 5.91 Å². The molecule has 0 aliphatic carbocycles. The summed E-state index contributed by atoms with van der Waals surface area (Å²) in [6, 6.07) is 13.3. The number of nitrogens with one attached hydrogen (secondary N) is 2. The van der Waals surface area contributed by atoms with Crippen molar-refractivity contribution < 1.29 is 9.53 Å². The predicted octanol–water partition coefficient (Wildman–Crippen LogP) is 4.93.